The fourth-order valence-electron chi connectivity index (χ4n) is 2.29. The highest BCUT2D eigenvalue weighted by atomic mass is 35.5. The molecule has 0 aromatic heterocycles. The van der Waals surface area contributed by atoms with Crippen molar-refractivity contribution in [3.63, 3.8) is 0 Å². The number of hydrogen-bond acceptors (Lipinski definition) is 4. The lowest BCUT2D eigenvalue weighted by Crippen LogP contribution is -2.45. The van der Waals surface area contributed by atoms with Gasteiger partial charge in [0.15, 0.2) is 5.11 Å². The summed E-state index contributed by atoms with van der Waals surface area (Å²) in [5.41, 5.74) is 1.93. The van der Waals surface area contributed by atoms with Gasteiger partial charge in [0.25, 0.3) is 0 Å². The Bertz CT molecular complexity index is 646. The largest absolute Gasteiger partial charge is 0.492 e. The Kier molecular flexibility index (Phi) is 5.26. The first kappa shape index (κ1) is 16.6. The van der Waals surface area contributed by atoms with E-state index in [-0.39, 0.29) is 0 Å². The van der Waals surface area contributed by atoms with Crippen LogP contribution < -0.4 is 15.4 Å². The van der Waals surface area contributed by atoms with E-state index in [1.165, 1.54) is 7.11 Å². The predicted molar refractivity (Wildman–Crippen MR) is 88.9 cm³/mol. The van der Waals surface area contributed by atoms with Gasteiger partial charge in [-0.1, -0.05) is 17.7 Å². The molecule has 0 fully saturated rings. The van der Waals surface area contributed by atoms with Crippen LogP contribution in [0.1, 0.15) is 25.5 Å². The molecule has 2 rings (SSSR count). The van der Waals surface area contributed by atoms with Crippen molar-refractivity contribution in [1.29, 1.82) is 0 Å². The minimum absolute atomic E-state index is 0.421. The maximum Gasteiger partial charge on any atom is 0.337 e. The molecule has 2 N–H and O–H groups in total. The van der Waals surface area contributed by atoms with Crippen LogP contribution in [0.15, 0.2) is 29.5 Å². The number of thiocarbonyl (C=S) groups is 1. The third kappa shape index (κ3) is 3.34. The summed E-state index contributed by atoms with van der Waals surface area (Å²) >= 11 is 11.4. The van der Waals surface area contributed by atoms with E-state index in [0.29, 0.717) is 33.8 Å². The molecular weight excluding hydrogens is 324 g/mol. The van der Waals surface area contributed by atoms with Crippen molar-refractivity contribution in [2.24, 2.45) is 0 Å². The van der Waals surface area contributed by atoms with Crippen LogP contribution in [-0.4, -0.2) is 24.8 Å². The third-order valence-corrected chi connectivity index (χ3v) is 3.78. The summed E-state index contributed by atoms with van der Waals surface area (Å²) in [6, 6.07) is 4.96. The molecule has 1 atom stereocenters. The topological polar surface area (TPSA) is 59.6 Å². The minimum atomic E-state index is -0.422. The maximum atomic E-state index is 12.1. The zero-order valence-corrected chi connectivity index (χ0v) is 14.1. The average molecular weight is 341 g/mol. The summed E-state index contributed by atoms with van der Waals surface area (Å²) < 4.78 is 10.3. The summed E-state index contributed by atoms with van der Waals surface area (Å²) in [6.07, 6.45) is 0. The molecule has 1 aliphatic rings. The van der Waals surface area contributed by atoms with Gasteiger partial charge >= 0.3 is 5.97 Å². The summed E-state index contributed by atoms with van der Waals surface area (Å²) in [7, 11) is 1.35. The molecule has 0 aliphatic carbocycles. The highest BCUT2D eigenvalue weighted by Crippen LogP contribution is 2.32. The first-order valence-corrected chi connectivity index (χ1v) is 7.55. The Morgan fingerprint density at radius 1 is 1.45 bits per heavy atom. The number of esters is 1. The molecule has 1 aromatic rings. The van der Waals surface area contributed by atoms with Gasteiger partial charge in [0.2, 0.25) is 0 Å². The minimum Gasteiger partial charge on any atom is -0.492 e. The number of halogens is 1. The molecule has 0 saturated heterocycles. The smallest absolute Gasteiger partial charge is 0.337 e. The van der Waals surface area contributed by atoms with Crippen LogP contribution in [0.25, 0.3) is 0 Å². The lowest BCUT2D eigenvalue weighted by Gasteiger charge is -2.29. The van der Waals surface area contributed by atoms with E-state index >= 15 is 0 Å². The second-order valence-corrected chi connectivity index (χ2v) is 5.50. The van der Waals surface area contributed by atoms with Crippen LogP contribution in [0.4, 0.5) is 0 Å². The first-order valence-electron chi connectivity index (χ1n) is 6.76. The highest BCUT2D eigenvalue weighted by Gasteiger charge is 2.30. The Hall–Kier alpha value is -1.79. The Balaban J connectivity index is 2.44. The lowest BCUT2D eigenvalue weighted by atomic mass is 9.95. The van der Waals surface area contributed by atoms with E-state index in [1.54, 1.807) is 19.1 Å². The molecule has 5 nitrogen and oxygen atoms in total. The normalized spacial score (nSPS) is 17.6. The quantitative estimate of drug-likeness (QED) is 0.649. The second kappa shape index (κ2) is 6.98. The number of methoxy groups -OCH3 is 1. The number of hydrogen-bond donors (Lipinski definition) is 2. The van der Waals surface area contributed by atoms with Gasteiger partial charge < -0.3 is 20.1 Å². The van der Waals surface area contributed by atoms with Gasteiger partial charge in [0.05, 0.1) is 30.4 Å². The Morgan fingerprint density at radius 3 is 2.77 bits per heavy atom. The summed E-state index contributed by atoms with van der Waals surface area (Å²) in [4.78, 5) is 12.1. The summed E-state index contributed by atoms with van der Waals surface area (Å²) in [6.45, 7) is 4.20. The summed E-state index contributed by atoms with van der Waals surface area (Å²) in [5, 5.41) is 6.92. The lowest BCUT2D eigenvalue weighted by molar-refractivity contribution is -0.136. The number of rotatable bonds is 4. The number of carbonyl (C=O) groups is 1. The molecule has 0 spiro atoms. The number of carbonyl (C=O) groups excluding carboxylic acids is 1. The van der Waals surface area contributed by atoms with E-state index < -0.39 is 12.0 Å². The van der Waals surface area contributed by atoms with Crippen LogP contribution in [-0.2, 0) is 9.53 Å². The molecule has 118 valence electrons. The van der Waals surface area contributed by atoms with Gasteiger partial charge in [-0.2, -0.15) is 0 Å². The van der Waals surface area contributed by atoms with E-state index in [0.717, 1.165) is 5.56 Å². The molecule has 1 heterocycles. The molecule has 1 aliphatic heterocycles. The third-order valence-electron chi connectivity index (χ3n) is 3.26. The molecule has 1 aromatic carbocycles. The molecule has 0 radical (unpaired) electrons. The van der Waals surface area contributed by atoms with Crippen molar-refractivity contribution >= 4 is 34.9 Å². The molecule has 0 unspecified atom stereocenters. The van der Waals surface area contributed by atoms with Crippen molar-refractivity contribution in [1.82, 2.24) is 10.6 Å². The van der Waals surface area contributed by atoms with Gasteiger partial charge in [-0.3, -0.25) is 0 Å². The first-order chi connectivity index (χ1) is 10.5. The zero-order valence-electron chi connectivity index (χ0n) is 12.5. The predicted octanol–water partition coefficient (Wildman–Crippen LogP) is 2.70. The summed E-state index contributed by atoms with van der Waals surface area (Å²) in [5.74, 6) is 0.180. The number of allylic oxidation sites excluding steroid dienone is 1. The standard InChI is InChI=1S/C15H17ClN2O3S/c1-4-21-11-6-5-9(7-10(11)16)13-12(14(19)20-3)8(2)17-15(22)18-13/h5-7,13H,4H2,1-3H3,(H2,17,18,22)/t13-/m0/s1. The van der Waals surface area contributed by atoms with Crippen LogP contribution >= 0.6 is 23.8 Å². The fraction of sp³-hybridized carbons (Fsp3) is 0.333. The van der Waals surface area contributed by atoms with Gasteiger partial charge in [-0.15, -0.1) is 0 Å². The van der Waals surface area contributed by atoms with Crippen LogP contribution in [0.3, 0.4) is 0 Å². The molecule has 22 heavy (non-hydrogen) atoms. The van der Waals surface area contributed by atoms with Crippen LogP contribution in [0.2, 0.25) is 5.02 Å². The van der Waals surface area contributed by atoms with E-state index in [4.69, 9.17) is 33.3 Å². The van der Waals surface area contributed by atoms with E-state index in [9.17, 15) is 4.79 Å². The van der Waals surface area contributed by atoms with Crippen LogP contribution in [0.5, 0.6) is 5.75 Å². The molecule has 7 heteroatoms. The number of benzene rings is 1. The number of nitrogens with one attached hydrogen (secondary N) is 2. The van der Waals surface area contributed by atoms with Gasteiger partial charge in [-0.05, 0) is 43.8 Å². The van der Waals surface area contributed by atoms with Crippen molar-refractivity contribution in [2.45, 2.75) is 19.9 Å². The van der Waals surface area contributed by atoms with Gasteiger partial charge in [-0.25, -0.2) is 4.79 Å². The van der Waals surface area contributed by atoms with Gasteiger partial charge in [0.1, 0.15) is 5.75 Å². The van der Waals surface area contributed by atoms with E-state index in [1.807, 2.05) is 13.0 Å². The monoisotopic (exact) mass is 340 g/mol. The Labute approximate surface area is 139 Å². The molecule has 0 saturated carbocycles. The molecule has 0 amide bonds. The second-order valence-electron chi connectivity index (χ2n) is 4.68. The van der Waals surface area contributed by atoms with Crippen LogP contribution in [0, 0.1) is 0 Å². The fourth-order valence-corrected chi connectivity index (χ4v) is 2.81. The maximum absolute atomic E-state index is 12.1. The SMILES string of the molecule is CCOc1ccc([C@@H]2NC(=S)NC(C)=C2C(=O)OC)cc1Cl. The molecular formula is C15H17ClN2O3S. The zero-order chi connectivity index (χ0) is 16.3. The van der Waals surface area contributed by atoms with E-state index in [2.05, 4.69) is 10.6 Å². The van der Waals surface area contributed by atoms with Gasteiger partial charge in [0, 0.05) is 5.70 Å². The van der Waals surface area contributed by atoms with Crippen molar-refractivity contribution in [2.75, 3.05) is 13.7 Å². The Morgan fingerprint density at radius 2 is 2.18 bits per heavy atom. The number of ether oxygens (including phenoxy) is 2. The average Bonchev–Trinajstić information content (AvgIpc) is 2.48. The molecule has 0 bridgehead atoms. The highest BCUT2D eigenvalue weighted by molar-refractivity contribution is 7.80. The van der Waals surface area contributed by atoms with Crippen molar-refractivity contribution in [3.8, 4) is 5.75 Å². The van der Waals surface area contributed by atoms with Crippen molar-refractivity contribution in [3.05, 3.63) is 40.1 Å². The van der Waals surface area contributed by atoms with Crippen molar-refractivity contribution < 1.29 is 14.3 Å².